The molecule has 2 aromatic rings. The summed E-state index contributed by atoms with van der Waals surface area (Å²) >= 11 is 0. The Morgan fingerprint density at radius 1 is 1.19 bits per heavy atom. The first kappa shape index (κ1) is 19.1. The number of amides is 2. The van der Waals surface area contributed by atoms with Crippen LogP contribution in [0.3, 0.4) is 0 Å². The predicted molar refractivity (Wildman–Crippen MR) is 101 cm³/mol. The molecule has 0 bridgehead atoms. The Morgan fingerprint density at radius 2 is 1.85 bits per heavy atom. The molecule has 2 amide bonds. The number of rotatable bonds is 5. The Balaban J connectivity index is 1.52. The minimum atomic E-state index is -0.219. The van der Waals surface area contributed by atoms with E-state index in [9.17, 15) is 9.59 Å². The number of nitrogens with zero attached hydrogens (tertiary/aromatic N) is 4. The van der Waals surface area contributed by atoms with Gasteiger partial charge in [0, 0.05) is 45.8 Å². The number of carbonyl (C=O) groups excluding carboxylic acids is 2. The number of hydrogen-bond acceptors (Lipinski definition) is 5. The first-order chi connectivity index (χ1) is 13.0. The summed E-state index contributed by atoms with van der Waals surface area (Å²) in [5.74, 6) is 0.215. The molecule has 7 heteroatoms. The summed E-state index contributed by atoms with van der Waals surface area (Å²) in [6.07, 6.45) is 0. The maximum absolute atomic E-state index is 12.8. The number of aryl methyl sites for hydroxylation is 1. The van der Waals surface area contributed by atoms with Gasteiger partial charge >= 0.3 is 0 Å². The summed E-state index contributed by atoms with van der Waals surface area (Å²) < 4.78 is 5.06. The van der Waals surface area contributed by atoms with Gasteiger partial charge in [0.2, 0.25) is 11.7 Å². The van der Waals surface area contributed by atoms with Gasteiger partial charge in [0.1, 0.15) is 0 Å². The first-order valence-electron chi connectivity index (χ1n) is 9.21. The van der Waals surface area contributed by atoms with Crippen LogP contribution in [-0.4, -0.2) is 70.9 Å². The number of benzene rings is 1. The lowest BCUT2D eigenvalue weighted by atomic mass is 10.1. The zero-order valence-corrected chi connectivity index (χ0v) is 16.1. The molecule has 1 unspecified atom stereocenters. The van der Waals surface area contributed by atoms with Crippen LogP contribution >= 0.6 is 0 Å². The van der Waals surface area contributed by atoms with E-state index >= 15 is 0 Å². The van der Waals surface area contributed by atoms with Crippen LogP contribution in [0.1, 0.15) is 28.7 Å². The van der Waals surface area contributed by atoms with Crippen LogP contribution in [0.5, 0.6) is 0 Å². The molecule has 1 aliphatic rings. The van der Waals surface area contributed by atoms with E-state index in [2.05, 4.69) is 10.1 Å². The summed E-state index contributed by atoms with van der Waals surface area (Å²) in [7, 11) is 1.83. The number of likely N-dealkylation sites (N-methyl/N-ethyl adjacent to an activating group) is 1. The highest BCUT2D eigenvalue weighted by Crippen LogP contribution is 2.13. The van der Waals surface area contributed by atoms with Crippen molar-refractivity contribution in [1.29, 1.82) is 0 Å². The summed E-state index contributed by atoms with van der Waals surface area (Å²) in [5, 5.41) is 3.77. The van der Waals surface area contributed by atoms with Crippen LogP contribution in [-0.2, 0) is 11.3 Å². The fourth-order valence-corrected chi connectivity index (χ4v) is 3.34. The van der Waals surface area contributed by atoms with Gasteiger partial charge in [-0.3, -0.25) is 14.5 Å². The highest BCUT2D eigenvalue weighted by Gasteiger charge is 2.30. The topological polar surface area (TPSA) is 69.9 Å². The van der Waals surface area contributed by atoms with Gasteiger partial charge in [0.15, 0.2) is 0 Å². The normalized spacial score (nSPS) is 16.2. The van der Waals surface area contributed by atoms with Crippen molar-refractivity contribution in [2.45, 2.75) is 26.4 Å². The molecule has 1 aliphatic heterocycles. The van der Waals surface area contributed by atoms with Crippen molar-refractivity contribution in [3.63, 3.8) is 0 Å². The molecule has 0 radical (unpaired) electrons. The second-order valence-corrected chi connectivity index (χ2v) is 7.02. The van der Waals surface area contributed by atoms with Crippen LogP contribution in [0.4, 0.5) is 0 Å². The summed E-state index contributed by atoms with van der Waals surface area (Å²) in [5.41, 5.74) is 1.80. The molecule has 3 rings (SSSR count). The maximum Gasteiger partial charge on any atom is 0.292 e. The zero-order chi connectivity index (χ0) is 19.4. The first-order valence-corrected chi connectivity index (χ1v) is 9.21. The van der Waals surface area contributed by atoms with Crippen molar-refractivity contribution < 1.29 is 14.1 Å². The van der Waals surface area contributed by atoms with Crippen LogP contribution in [0.25, 0.3) is 0 Å². The van der Waals surface area contributed by atoms with Crippen molar-refractivity contribution in [1.82, 2.24) is 19.9 Å². The van der Waals surface area contributed by atoms with Gasteiger partial charge in [-0.1, -0.05) is 35.5 Å². The molecule has 144 valence electrons. The SMILES string of the molecule is Cc1cc(C(=O)N2CCN(C(C)C(=O)N(C)Cc3ccccc3)CC2)on1. The predicted octanol–water partition coefficient (Wildman–Crippen LogP) is 1.79. The van der Waals surface area contributed by atoms with E-state index in [1.54, 1.807) is 22.8 Å². The molecular weight excluding hydrogens is 344 g/mol. The average Bonchev–Trinajstić information content (AvgIpc) is 3.13. The van der Waals surface area contributed by atoms with Crippen molar-refractivity contribution in [3.05, 3.63) is 53.4 Å². The zero-order valence-electron chi connectivity index (χ0n) is 16.1. The minimum Gasteiger partial charge on any atom is -0.351 e. The van der Waals surface area contributed by atoms with E-state index in [4.69, 9.17) is 4.52 Å². The van der Waals surface area contributed by atoms with E-state index in [-0.39, 0.29) is 23.6 Å². The Morgan fingerprint density at radius 3 is 2.44 bits per heavy atom. The molecule has 0 N–H and O–H groups in total. The Labute approximate surface area is 159 Å². The molecule has 0 saturated carbocycles. The van der Waals surface area contributed by atoms with E-state index in [1.807, 2.05) is 44.3 Å². The van der Waals surface area contributed by atoms with E-state index in [0.717, 1.165) is 5.56 Å². The lowest BCUT2D eigenvalue weighted by Gasteiger charge is -2.38. The summed E-state index contributed by atoms with van der Waals surface area (Å²) in [6.45, 7) is 6.76. The molecular formula is C20H26N4O3. The maximum atomic E-state index is 12.8. The molecule has 27 heavy (non-hydrogen) atoms. The van der Waals surface area contributed by atoms with Crippen molar-refractivity contribution in [3.8, 4) is 0 Å². The second kappa shape index (κ2) is 8.35. The molecule has 1 fully saturated rings. The van der Waals surface area contributed by atoms with Crippen LogP contribution in [0.2, 0.25) is 0 Å². The van der Waals surface area contributed by atoms with Gasteiger partial charge in [0.25, 0.3) is 5.91 Å². The Kier molecular flexibility index (Phi) is 5.91. The van der Waals surface area contributed by atoms with Gasteiger partial charge in [-0.25, -0.2) is 0 Å². The lowest BCUT2D eigenvalue weighted by Crippen LogP contribution is -2.55. The van der Waals surface area contributed by atoms with Crippen LogP contribution in [0.15, 0.2) is 40.9 Å². The van der Waals surface area contributed by atoms with E-state index in [1.165, 1.54) is 0 Å². The molecule has 0 spiro atoms. The van der Waals surface area contributed by atoms with Gasteiger partial charge in [-0.05, 0) is 19.4 Å². The van der Waals surface area contributed by atoms with Crippen LogP contribution < -0.4 is 0 Å². The number of aromatic nitrogens is 1. The molecule has 0 aliphatic carbocycles. The van der Waals surface area contributed by atoms with Gasteiger partial charge in [-0.2, -0.15) is 0 Å². The number of carbonyl (C=O) groups is 2. The largest absolute Gasteiger partial charge is 0.351 e. The molecule has 2 heterocycles. The molecule has 1 aromatic carbocycles. The lowest BCUT2D eigenvalue weighted by molar-refractivity contribution is -0.136. The van der Waals surface area contributed by atoms with Crippen molar-refractivity contribution in [2.24, 2.45) is 0 Å². The third-order valence-electron chi connectivity index (χ3n) is 4.98. The molecule has 1 aromatic heterocycles. The van der Waals surface area contributed by atoms with Crippen molar-refractivity contribution in [2.75, 3.05) is 33.2 Å². The standard InChI is InChI=1S/C20H26N4O3/c1-15-13-18(27-21-15)20(26)24-11-9-23(10-12-24)16(2)19(25)22(3)14-17-7-5-4-6-8-17/h4-8,13,16H,9-12,14H2,1-3H3. The summed E-state index contributed by atoms with van der Waals surface area (Å²) in [6, 6.07) is 11.4. The second-order valence-electron chi connectivity index (χ2n) is 7.02. The number of hydrogen-bond donors (Lipinski definition) is 0. The smallest absolute Gasteiger partial charge is 0.292 e. The Hall–Kier alpha value is -2.67. The van der Waals surface area contributed by atoms with Crippen LogP contribution in [0, 0.1) is 6.92 Å². The van der Waals surface area contributed by atoms with Gasteiger partial charge in [0.05, 0.1) is 11.7 Å². The molecule has 1 atom stereocenters. The fraction of sp³-hybridized carbons (Fsp3) is 0.450. The Bertz CT molecular complexity index is 782. The number of piperazine rings is 1. The highest BCUT2D eigenvalue weighted by molar-refractivity contribution is 5.91. The minimum absolute atomic E-state index is 0.0875. The third kappa shape index (κ3) is 4.54. The van der Waals surface area contributed by atoms with Gasteiger partial charge in [-0.15, -0.1) is 0 Å². The highest BCUT2D eigenvalue weighted by atomic mass is 16.5. The molecule has 7 nitrogen and oxygen atoms in total. The summed E-state index contributed by atoms with van der Waals surface area (Å²) in [4.78, 5) is 30.8. The third-order valence-corrected chi connectivity index (χ3v) is 4.98. The molecule has 1 saturated heterocycles. The average molecular weight is 370 g/mol. The van der Waals surface area contributed by atoms with Crippen molar-refractivity contribution >= 4 is 11.8 Å². The quantitative estimate of drug-likeness (QED) is 0.803. The monoisotopic (exact) mass is 370 g/mol. The van der Waals surface area contributed by atoms with E-state index in [0.29, 0.717) is 38.4 Å². The fourth-order valence-electron chi connectivity index (χ4n) is 3.34. The van der Waals surface area contributed by atoms with E-state index < -0.39 is 0 Å². The van der Waals surface area contributed by atoms with Gasteiger partial charge < -0.3 is 14.3 Å².